The average Bonchev–Trinajstić information content (AvgIpc) is 2.84. The molecule has 0 saturated carbocycles. The van der Waals surface area contributed by atoms with Gasteiger partial charge in [-0.05, 0) is 29.1 Å². The Bertz CT molecular complexity index is 593. The summed E-state index contributed by atoms with van der Waals surface area (Å²) in [6, 6.07) is 9.89. The van der Waals surface area contributed by atoms with E-state index in [4.69, 9.17) is 5.73 Å². The molecule has 0 spiro atoms. The molecule has 0 radical (unpaired) electrons. The van der Waals surface area contributed by atoms with Crippen LogP contribution in [-0.2, 0) is 13.0 Å². The highest BCUT2D eigenvalue weighted by Gasteiger charge is 2.22. The topological polar surface area (TPSA) is 59.2 Å². The van der Waals surface area contributed by atoms with Gasteiger partial charge in [-0.25, -0.2) is 0 Å². The van der Waals surface area contributed by atoms with Gasteiger partial charge < -0.3 is 10.6 Å². The first-order valence-corrected chi connectivity index (χ1v) is 6.59. The Labute approximate surface area is 109 Å². The van der Waals surface area contributed by atoms with Crippen molar-refractivity contribution < 1.29 is 4.79 Å². The lowest BCUT2D eigenvalue weighted by atomic mass is 10.00. The van der Waals surface area contributed by atoms with Crippen LogP contribution in [-0.4, -0.2) is 21.7 Å². The third kappa shape index (κ3) is 1.97. The Morgan fingerprint density at radius 3 is 2.83 bits per heavy atom. The molecule has 0 bridgehead atoms. The number of carbonyl (C=O) groups is 1. The summed E-state index contributed by atoms with van der Waals surface area (Å²) >= 11 is 1.16. The third-order valence-corrected chi connectivity index (χ3v) is 3.78. The molecule has 0 unspecified atom stereocenters. The maximum atomic E-state index is 12.2. The van der Waals surface area contributed by atoms with Gasteiger partial charge in [0.15, 0.2) is 0 Å². The van der Waals surface area contributed by atoms with E-state index in [9.17, 15) is 4.79 Å². The number of carbonyl (C=O) groups excluding carboxylic acids is 1. The number of anilines is 1. The van der Waals surface area contributed by atoms with Crippen molar-refractivity contribution in [1.82, 2.24) is 9.27 Å². The molecule has 3 rings (SSSR count). The van der Waals surface area contributed by atoms with Gasteiger partial charge in [0.25, 0.3) is 5.91 Å². The molecule has 1 aromatic heterocycles. The zero-order valence-corrected chi connectivity index (χ0v) is 10.6. The minimum atomic E-state index is -0.0301. The van der Waals surface area contributed by atoms with E-state index < -0.39 is 0 Å². The molecule has 1 aliphatic rings. The monoisotopic (exact) mass is 259 g/mol. The van der Waals surface area contributed by atoms with E-state index in [-0.39, 0.29) is 5.91 Å². The highest BCUT2D eigenvalue weighted by molar-refractivity contribution is 7.10. The number of hydrogen-bond donors (Lipinski definition) is 1. The molecule has 5 heteroatoms. The van der Waals surface area contributed by atoms with Crippen LogP contribution in [0.1, 0.15) is 21.6 Å². The molecule has 2 N–H and O–H groups in total. The van der Waals surface area contributed by atoms with E-state index in [2.05, 4.69) is 16.5 Å². The standard InChI is InChI=1S/C13H13N3OS/c14-12-7-11(15-18-12)13(17)16-6-5-9-3-1-2-4-10(9)8-16/h1-4,7H,5-6,8,14H2. The van der Waals surface area contributed by atoms with Gasteiger partial charge in [0.1, 0.15) is 10.7 Å². The minimum absolute atomic E-state index is 0.0301. The number of benzene rings is 1. The summed E-state index contributed by atoms with van der Waals surface area (Å²) in [4.78, 5) is 14.1. The van der Waals surface area contributed by atoms with Crippen LogP contribution in [0.3, 0.4) is 0 Å². The van der Waals surface area contributed by atoms with Crippen molar-refractivity contribution in [3.8, 4) is 0 Å². The number of nitrogens with zero attached hydrogens (tertiary/aromatic N) is 2. The summed E-state index contributed by atoms with van der Waals surface area (Å²) in [6.45, 7) is 1.40. The highest BCUT2D eigenvalue weighted by Crippen LogP contribution is 2.21. The summed E-state index contributed by atoms with van der Waals surface area (Å²) in [7, 11) is 0. The highest BCUT2D eigenvalue weighted by atomic mass is 32.1. The molecule has 1 aliphatic heterocycles. The van der Waals surface area contributed by atoms with E-state index >= 15 is 0 Å². The molecular weight excluding hydrogens is 246 g/mol. The van der Waals surface area contributed by atoms with E-state index in [1.807, 2.05) is 17.0 Å². The molecule has 1 amide bonds. The number of rotatable bonds is 1. The summed E-state index contributed by atoms with van der Waals surface area (Å²) in [6.07, 6.45) is 0.904. The quantitative estimate of drug-likeness (QED) is 0.851. The number of amides is 1. The van der Waals surface area contributed by atoms with Crippen LogP contribution in [0.2, 0.25) is 0 Å². The van der Waals surface area contributed by atoms with Gasteiger partial charge in [-0.2, -0.15) is 4.37 Å². The van der Waals surface area contributed by atoms with Gasteiger partial charge in [0.05, 0.1) is 0 Å². The molecule has 0 aliphatic carbocycles. The molecule has 1 aromatic carbocycles. The van der Waals surface area contributed by atoms with Crippen LogP contribution in [0.5, 0.6) is 0 Å². The molecule has 18 heavy (non-hydrogen) atoms. The van der Waals surface area contributed by atoms with Gasteiger partial charge in [-0.1, -0.05) is 24.3 Å². The molecule has 0 fully saturated rings. The van der Waals surface area contributed by atoms with Crippen molar-refractivity contribution in [3.63, 3.8) is 0 Å². The normalized spacial score (nSPS) is 14.3. The summed E-state index contributed by atoms with van der Waals surface area (Å²) in [5.74, 6) is -0.0301. The zero-order chi connectivity index (χ0) is 12.5. The number of fused-ring (bicyclic) bond motifs is 1. The second-order valence-corrected chi connectivity index (χ2v) is 5.20. The first-order valence-electron chi connectivity index (χ1n) is 5.82. The van der Waals surface area contributed by atoms with Crippen LogP contribution in [0.25, 0.3) is 0 Å². The lowest BCUT2D eigenvalue weighted by Gasteiger charge is -2.28. The molecular formula is C13H13N3OS. The lowest BCUT2D eigenvalue weighted by molar-refractivity contribution is 0.0730. The maximum Gasteiger partial charge on any atom is 0.273 e. The summed E-state index contributed by atoms with van der Waals surface area (Å²) in [5, 5.41) is 0.579. The van der Waals surface area contributed by atoms with E-state index in [1.54, 1.807) is 6.07 Å². The number of nitrogen functional groups attached to an aromatic ring is 1. The van der Waals surface area contributed by atoms with Crippen LogP contribution >= 0.6 is 11.5 Å². The number of hydrogen-bond acceptors (Lipinski definition) is 4. The van der Waals surface area contributed by atoms with Gasteiger partial charge >= 0.3 is 0 Å². The van der Waals surface area contributed by atoms with Crippen LogP contribution in [0.15, 0.2) is 30.3 Å². The van der Waals surface area contributed by atoms with Gasteiger partial charge in [0, 0.05) is 19.2 Å². The maximum absolute atomic E-state index is 12.2. The second kappa shape index (κ2) is 4.42. The van der Waals surface area contributed by atoms with Crippen LogP contribution in [0, 0.1) is 0 Å². The smallest absolute Gasteiger partial charge is 0.273 e. The van der Waals surface area contributed by atoms with Gasteiger partial charge in [-0.3, -0.25) is 4.79 Å². The Morgan fingerprint density at radius 2 is 2.11 bits per heavy atom. The predicted molar refractivity (Wildman–Crippen MR) is 71.4 cm³/mol. The summed E-state index contributed by atoms with van der Waals surface area (Å²) in [5.41, 5.74) is 8.62. The summed E-state index contributed by atoms with van der Waals surface area (Å²) < 4.78 is 4.07. The molecule has 0 atom stereocenters. The Hall–Kier alpha value is -1.88. The number of aromatic nitrogens is 1. The van der Waals surface area contributed by atoms with E-state index in [1.165, 1.54) is 11.1 Å². The predicted octanol–water partition coefficient (Wildman–Crippen LogP) is 1.92. The second-order valence-electron chi connectivity index (χ2n) is 4.36. The molecule has 92 valence electrons. The van der Waals surface area contributed by atoms with Crippen molar-refractivity contribution in [2.24, 2.45) is 0 Å². The van der Waals surface area contributed by atoms with Crippen molar-refractivity contribution in [2.75, 3.05) is 12.3 Å². The minimum Gasteiger partial charge on any atom is -0.389 e. The molecule has 0 saturated heterocycles. The Kier molecular flexibility index (Phi) is 2.76. The van der Waals surface area contributed by atoms with Crippen LogP contribution in [0.4, 0.5) is 5.00 Å². The fourth-order valence-electron chi connectivity index (χ4n) is 2.22. The molecule has 4 nitrogen and oxygen atoms in total. The Morgan fingerprint density at radius 1 is 1.33 bits per heavy atom. The van der Waals surface area contributed by atoms with Gasteiger partial charge in [0.2, 0.25) is 0 Å². The van der Waals surface area contributed by atoms with E-state index in [0.29, 0.717) is 17.2 Å². The van der Waals surface area contributed by atoms with Crippen molar-refractivity contribution in [2.45, 2.75) is 13.0 Å². The zero-order valence-electron chi connectivity index (χ0n) is 9.80. The Balaban J connectivity index is 1.82. The van der Waals surface area contributed by atoms with Gasteiger partial charge in [-0.15, -0.1) is 0 Å². The molecule has 2 aromatic rings. The van der Waals surface area contributed by atoms with Crippen LogP contribution < -0.4 is 5.73 Å². The average molecular weight is 259 g/mol. The first kappa shape index (κ1) is 11.2. The van der Waals surface area contributed by atoms with E-state index in [0.717, 1.165) is 24.5 Å². The van der Waals surface area contributed by atoms with Crippen molar-refractivity contribution in [1.29, 1.82) is 0 Å². The van der Waals surface area contributed by atoms with Crippen molar-refractivity contribution in [3.05, 3.63) is 47.2 Å². The first-order chi connectivity index (χ1) is 8.74. The third-order valence-electron chi connectivity index (χ3n) is 3.17. The molecule has 2 heterocycles. The fourth-order valence-corrected chi connectivity index (χ4v) is 2.72. The number of nitrogens with two attached hydrogens (primary N) is 1. The fraction of sp³-hybridized carbons (Fsp3) is 0.231. The SMILES string of the molecule is Nc1cc(C(=O)N2CCc3ccccc3C2)ns1. The van der Waals surface area contributed by atoms with Crippen molar-refractivity contribution >= 4 is 22.4 Å². The largest absolute Gasteiger partial charge is 0.389 e. The lowest BCUT2D eigenvalue weighted by Crippen LogP contribution is -2.36.